The molecule has 0 unspecified atom stereocenters. The molecule has 0 aromatic carbocycles. The van der Waals surface area contributed by atoms with Gasteiger partial charge < -0.3 is 15.2 Å². The first-order valence-corrected chi connectivity index (χ1v) is 3.49. The number of methoxy groups -OCH3 is 1. The molecule has 1 heterocycles. The molecule has 0 atom stereocenters. The fourth-order valence-electron chi connectivity index (χ4n) is 0.699. The van der Waals surface area contributed by atoms with E-state index in [0.29, 0.717) is 11.6 Å². The zero-order valence-corrected chi connectivity index (χ0v) is 7.06. The smallest absolute Gasteiger partial charge is 0.404 e. The SMILES string of the molecule is COc1cncc(COC(N)=O)n1. The molecule has 0 aliphatic rings. The van der Waals surface area contributed by atoms with Crippen LogP contribution in [-0.2, 0) is 11.3 Å². The summed E-state index contributed by atoms with van der Waals surface area (Å²) in [5.74, 6) is 0.366. The Labute approximate surface area is 74.7 Å². The third-order valence-corrected chi connectivity index (χ3v) is 1.23. The van der Waals surface area contributed by atoms with Gasteiger partial charge in [-0.05, 0) is 0 Å². The Kier molecular flexibility index (Phi) is 3.02. The number of nitrogens with two attached hydrogens (primary N) is 1. The van der Waals surface area contributed by atoms with E-state index in [4.69, 9.17) is 10.5 Å². The van der Waals surface area contributed by atoms with Gasteiger partial charge in [-0.25, -0.2) is 9.78 Å². The summed E-state index contributed by atoms with van der Waals surface area (Å²) in [6, 6.07) is 0. The van der Waals surface area contributed by atoms with Crippen molar-refractivity contribution in [1.82, 2.24) is 9.97 Å². The molecular weight excluding hydrogens is 174 g/mol. The van der Waals surface area contributed by atoms with Crippen molar-refractivity contribution < 1.29 is 14.3 Å². The van der Waals surface area contributed by atoms with Crippen LogP contribution in [0.4, 0.5) is 4.79 Å². The molecule has 2 N–H and O–H groups in total. The van der Waals surface area contributed by atoms with Crippen molar-refractivity contribution in [3.8, 4) is 5.88 Å². The highest BCUT2D eigenvalue weighted by Gasteiger charge is 2.00. The molecule has 0 spiro atoms. The molecule has 1 aromatic heterocycles. The highest BCUT2D eigenvalue weighted by Crippen LogP contribution is 2.04. The first kappa shape index (κ1) is 9.24. The minimum atomic E-state index is -0.843. The van der Waals surface area contributed by atoms with Crippen LogP contribution in [0, 0.1) is 0 Å². The van der Waals surface area contributed by atoms with Crippen LogP contribution in [0.25, 0.3) is 0 Å². The number of carbonyl (C=O) groups is 1. The molecule has 0 aliphatic heterocycles. The maximum atomic E-state index is 10.2. The molecule has 0 radical (unpaired) electrons. The third-order valence-electron chi connectivity index (χ3n) is 1.23. The number of rotatable bonds is 3. The molecule has 6 heteroatoms. The number of hydrogen-bond donors (Lipinski definition) is 1. The van der Waals surface area contributed by atoms with Gasteiger partial charge in [0.05, 0.1) is 19.5 Å². The molecule has 0 saturated heterocycles. The zero-order valence-electron chi connectivity index (χ0n) is 7.06. The molecule has 0 aliphatic carbocycles. The van der Waals surface area contributed by atoms with Gasteiger partial charge in [0.2, 0.25) is 5.88 Å². The summed E-state index contributed by atoms with van der Waals surface area (Å²) in [7, 11) is 1.47. The van der Waals surface area contributed by atoms with Gasteiger partial charge in [-0.3, -0.25) is 4.98 Å². The molecule has 70 valence electrons. The second-order valence-electron chi connectivity index (χ2n) is 2.16. The standard InChI is InChI=1S/C7H9N3O3/c1-12-6-3-9-2-5(10-6)4-13-7(8)11/h2-3H,4H2,1H3,(H2,8,11). The number of carbonyl (C=O) groups excluding carboxylic acids is 1. The van der Waals surface area contributed by atoms with Crippen LogP contribution in [0.15, 0.2) is 12.4 Å². The number of ether oxygens (including phenoxy) is 2. The Morgan fingerprint density at radius 3 is 3.00 bits per heavy atom. The lowest BCUT2D eigenvalue weighted by atomic mass is 10.5. The predicted octanol–water partition coefficient (Wildman–Crippen LogP) is 0.0805. The molecule has 0 fully saturated rings. The van der Waals surface area contributed by atoms with E-state index in [2.05, 4.69) is 14.7 Å². The van der Waals surface area contributed by atoms with Gasteiger partial charge in [-0.2, -0.15) is 0 Å². The molecular formula is C7H9N3O3. The van der Waals surface area contributed by atoms with Crippen molar-refractivity contribution in [3.05, 3.63) is 18.1 Å². The summed E-state index contributed by atoms with van der Waals surface area (Å²) in [5, 5.41) is 0. The number of amides is 1. The van der Waals surface area contributed by atoms with E-state index in [1.807, 2.05) is 0 Å². The molecule has 1 aromatic rings. The second-order valence-corrected chi connectivity index (χ2v) is 2.16. The van der Waals surface area contributed by atoms with E-state index in [0.717, 1.165) is 0 Å². The maximum absolute atomic E-state index is 10.2. The Hall–Kier alpha value is -1.85. The van der Waals surface area contributed by atoms with Crippen molar-refractivity contribution in [2.24, 2.45) is 5.73 Å². The summed E-state index contributed by atoms with van der Waals surface area (Å²) < 4.78 is 9.32. The second kappa shape index (κ2) is 4.24. The van der Waals surface area contributed by atoms with E-state index >= 15 is 0 Å². The first-order chi connectivity index (χ1) is 6.22. The monoisotopic (exact) mass is 183 g/mol. The number of primary amides is 1. The fraction of sp³-hybridized carbons (Fsp3) is 0.286. The van der Waals surface area contributed by atoms with E-state index < -0.39 is 6.09 Å². The normalized spacial score (nSPS) is 9.31. The van der Waals surface area contributed by atoms with Crippen molar-refractivity contribution in [2.75, 3.05) is 7.11 Å². The zero-order chi connectivity index (χ0) is 9.68. The average Bonchev–Trinajstić information content (AvgIpc) is 2.15. The van der Waals surface area contributed by atoms with Crippen molar-refractivity contribution in [2.45, 2.75) is 6.61 Å². The van der Waals surface area contributed by atoms with Crippen LogP contribution in [0.2, 0.25) is 0 Å². The molecule has 13 heavy (non-hydrogen) atoms. The largest absolute Gasteiger partial charge is 0.480 e. The van der Waals surface area contributed by atoms with Crippen LogP contribution in [0.1, 0.15) is 5.69 Å². The Balaban J connectivity index is 2.61. The number of hydrogen-bond acceptors (Lipinski definition) is 5. The van der Waals surface area contributed by atoms with Crippen molar-refractivity contribution in [3.63, 3.8) is 0 Å². The lowest BCUT2D eigenvalue weighted by Crippen LogP contribution is -2.13. The lowest BCUT2D eigenvalue weighted by molar-refractivity contribution is 0.148. The highest BCUT2D eigenvalue weighted by molar-refractivity contribution is 5.64. The van der Waals surface area contributed by atoms with E-state index in [1.165, 1.54) is 19.5 Å². The van der Waals surface area contributed by atoms with Gasteiger partial charge in [0.1, 0.15) is 12.3 Å². The summed E-state index contributed by atoms with van der Waals surface area (Å²) >= 11 is 0. The number of nitrogens with zero attached hydrogens (tertiary/aromatic N) is 2. The van der Waals surface area contributed by atoms with Crippen molar-refractivity contribution >= 4 is 6.09 Å². The van der Waals surface area contributed by atoms with Gasteiger partial charge in [-0.15, -0.1) is 0 Å². The Morgan fingerprint density at radius 1 is 1.62 bits per heavy atom. The quantitative estimate of drug-likeness (QED) is 0.716. The third kappa shape index (κ3) is 2.94. The molecule has 0 bridgehead atoms. The van der Waals surface area contributed by atoms with Crippen LogP contribution < -0.4 is 10.5 Å². The Bertz CT molecular complexity index is 303. The topological polar surface area (TPSA) is 87.3 Å². The maximum Gasteiger partial charge on any atom is 0.404 e. The van der Waals surface area contributed by atoms with E-state index in [-0.39, 0.29) is 6.61 Å². The van der Waals surface area contributed by atoms with Gasteiger partial charge in [0, 0.05) is 0 Å². The summed E-state index contributed by atoms with van der Waals surface area (Å²) in [4.78, 5) is 18.0. The minimum absolute atomic E-state index is 0.000463. The highest BCUT2D eigenvalue weighted by atomic mass is 16.5. The minimum Gasteiger partial charge on any atom is -0.480 e. The van der Waals surface area contributed by atoms with E-state index in [1.54, 1.807) is 0 Å². The summed E-state index contributed by atoms with van der Waals surface area (Å²) in [6.45, 7) is -0.000463. The predicted molar refractivity (Wildman–Crippen MR) is 43.0 cm³/mol. The van der Waals surface area contributed by atoms with Crippen LogP contribution in [-0.4, -0.2) is 23.2 Å². The van der Waals surface area contributed by atoms with Gasteiger partial charge >= 0.3 is 6.09 Å². The Morgan fingerprint density at radius 2 is 2.38 bits per heavy atom. The van der Waals surface area contributed by atoms with Crippen LogP contribution >= 0.6 is 0 Å². The lowest BCUT2D eigenvalue weighted by Gasteiger charge is -2.02. The van der Waals surface area contributed by atoms with E-state index in [9.17, 15) is 4.79 Å². The summed E-state index contributed by atoms with van der Waals surface area (Å²) in [5.41, 5.74) is 5.25. The van der Waals surface area contributed by atoms with Gasteiger partial charge in [0.15, 0.2) is 0 Å². The van der Waals surface area contributed by atoms with Gasteiger partial charge in [0.25, 0.3) is 0 Å². The van der Waals surface area contributed by atoms with Crippen molar-refractivity contribution in [1.29, 1.82) is 0 Å². The molecule has 0 saturated carbocycles. The molecule has 1 amide bonds. The molecule has 1 rings (SSSR count). The molecule has 6 nitrogen and oxygen atoms in total. The van der Waals surface area contributed by atoms with Crippen LogP contribution in [0.3, 0.4) is 0 Å². The summed E-state index contributed by atoms with van der Waals surface area (Å²) in [6.07, 6.45) is 2.07. The average molecular weight is 183 g/mol. The van der Waals surface area contributed by atoms with Gasteiger partial charge in [-0.1, -0.05) is 0 Å². The number of aromatic nitrogens is 2. The van der Waals surface area contributed by atoms with Crippen LogP contribution in [0.5, 0.6) is 5.88 Å². The first-order valence-electron chi connectivity index (χ1n) is 3.49. The fourth-order valence-corrected chi connectivity index (χ4v) is 0.699.